The first-order valence-electron chi connectivity index (χ1n) is 8.96. The summed E-state index contributed by atoms with van der Waals surface area (Å²) in [6.07, 6.45) is 4.39. The molecular weight excluding hydrogens is 370 g/mol. The van der Waals surface area contributed by atoms with Gasteiger partial charge in [-0.15, -0.1) is 0 Å². The summed E-state index contributed by atoms with van der Waals surface area (Å²) in [6.45, 7) is 4.72. The van der Waals surface area contributed by atoms with E-state index in [1.54, 1.807) is 12.3 Å². The summed E-state index contributed by atoms with van der Waals surface area (Å²) in [7, 11) is -1.63. The van der Waals surface area contributed by atoms with Crippen LogP contribution >= 0.6 is 0 Å². The molecule has 1 saturated heterocycles. The Morgan fingerprint density at radius 1 is 1.41 bits per heavy atom. The molecular formula is C17H25N5O4S. The summed E-state index contributed by atoms with van der Waals surface area (Å²) in [5.41, 5.74) is 0.895. The van der Waals surface area contributed by atoms with Crippen molar-refractivity contribution in [1.82, 2.24) is 19.2 Å². The molecule has 9 nitrogen and oxygen atoms in total. The zero-order valence-electron chi connectivity index (χ0n) is 15.8. The van der Waals surface area contributed by atoms with Crippen LogP contribution in [0.5, 0.6) is 0 Å². The fraction of sp³-hybridized carbons (Fsp3) is 0.588. The number of aromatic nitrogens is 3. The Labute approximate surface area is 158 Å². The predicted octanol–water partition coefficient (Wildman–Crippen LogP) is 1.24. The lowest BCUT2D eigenvalue weighted by molar-refractivity contribution is 0.247. The summed E-state index contributed by atoms with van der Waals surface area (Å²) < 4.78 is 32.8. The van der Waals surface area contributed by atoms with E-state index in [1.807, 2.05) is 25.8 Å². The molecule has 0 aliphatic carbocycles. The lowest BCUT2D eigenvalue weighted by Crippen LogP contribution is -2.44. The van der Waals surface area contributed by atoms with Crippen molar-refractivity contribution in [2.75, 3.05) is 25.0 Å². The average molecular weight is 395 g/mol. The Hall–Kier alpha value is -2.20. The van der Waals surface area contributed by atoms with Crippen molar-refractivity contribution < 1.29 is 12.9 Å². The second-order valence-corrected chi connectivity index (χ2v) is 9.07. The molecule has 0 N–H and O–H groups in total. The highest BCUT2D eigenvalue weighted by Gasteiger charge is 2.31. The topological polar surface area (TPSA) is 102 Å². The maximum atomic E-state index is 12.7. The van der Waals surface area contributed by atoms with Gasteiger partial charge in [0.15, 0.2) is 0 Å². The van der Waals surface area contributed by atoms with Gasteiger partial charge in [0.2, 0.25) is 10.0 Å². The van der Waals surface area contributed by atoms with E-state index in [-0.39, 0.29) is 29.9 Å². The van der Waals surface area contributed by atoms with Crippen LogP contribution in [0.3, 0.4) is 0 Å². The van der Waals surface area contributed by atoms with Crippen LogP contribution in [0.4, 0.5) is 5.69 Å². The van der Waals surface area contributed by atoms with Gasteiger partial charge in [0.25, 0.3) is 5.56 Å². The molecule has 0 aromatic carbocycles. The highest BCUT2D eigenvalue weighted by molar-refractivity contribution is 7.88. The van der Waals surface area contributed by atoms with E-state index >= 15 is 0 Å². The first-order valence-corrected chi connectivity index (χ1v) is 10.6. The normalized spacial score (nSPS) is 18.7. The number of nitrogens with zero attached hydrogens (tertiary/aromatic N) is 5. The van der Waals surface area contributed by atoms with E-state index < -0.39 is 10.0 Å². The number of anilines is 1. The molecule has 2 aromatic heterocycles. The lowest BCUT2D eigenvalue weighted by atomic mass is 10.1. The van der Waals surface area contributed by atoms with Crippen molar-refractivity contribution in [3.63, 3.8) is 0 Å². The summed E-state index contributed by atoms with van der Waals surface area (Å²) >= 11 is 0. The predicted molar refractivity (Wildman–Crippen MR) is 101 cm³/mol. The molecule has 27 heavy (non-hydrogen) atoms. The van der Waals surface area contributed by atoms with Gasteiger partial charge in [-0.1, -0.05) is 5.16 Å². The Kier molecular flexibility index (Phi) is 5.66. The highest BCUT2D eigenvalue weighted by Crippen LogP contribution is 2.23. The molecule has 1 fully saturated rings. The molecule has 3 rings (SSSR count). The van der Waals surface area contributed by atoms with Crippen molar-refractivity contribution in [2.45, 2.75) is 44.5 Å². The summed E-state index contributed by atoms with van der Waals surface area (Å²) in [5, 5.41) is 7.99. The van der Waals surface area contributed by atoms with Crippen molar-refractivity contribution in [1.29, 1.82) is 0 Å². The quantitative estimate of drug-likeness (QED) is 0.725. The molecule has 0 amide bonds. The molecule has 10 heteroatoms. The third-order valence-electron chi connectivity index (χ3n) is 4.91. The van der Waals surface area contributed by atoms with Gasteiger partial charge < -0.3 is 9.42 Å². The number of hydrogen-bond acceptors (Lipinski definition) is 7. The van der Waals surface area contributed by atoms with E-state index in [0.717, 1.165) is 5.69 Å². The van der Waals surface area contributed by atoms with Crippen molar-refractivity contribution in [3.05, 3.63) is 40.6 Å². The smallest absolute Gasteiger partial charge is 0.269 e. The van der Waals surface area contributed by atoms with E-state index in [0.29, 0.717) is 25.1 Å². The number of hydrogen-bond donors (Lipinski definition) is 0. The zero-order chi connectivity index (χ0) is 19.6. The first-order chi connectivity index (χ1) is 12.8. The van der Waals surface area contributed by atoms with Gasteiger partial charge in [-0.3, -0.25) is 4.79 Å². The molecule has 148 valence electrons. The Morgan fingerprint density at radius 3 is 2.81 bits per heavy atom. The maximum absolute atomic E-state index is 12.7. The first kappa shape index (κ1) is 19.6. The van der Waals surface area contributed by atoms with Gasteiger partial charge >= 0.3 is 0 Å². The summed E-state index contributed by atoms with van der Waals surface area (Å²) in [6, 6.07) is 3.05. The van der Waals surface area contributed by atoms with Gasteiger partial charge in [-0.2, -0.15) is 9.40 Å². The fourth-order valence-corrected chi connectivity index (χ4v) is 4.65. The van der Waals surface area contributed by atoms with Crippen LogP contribution in [0.15, 0.2) is 33.9 Å². The van der Waals surface area contributed by atoms with Gasteiger partial charge in [0, 0.05) is 38.3 Å². The second kappa shape index (κ2) is 7.81. The Balaban J connectivity index is 1.77. The maximum Gasteiger partial charge on any atom is 0.269 e. The monoisotopic (exact) mass is 395 g/mol. The van der Waals surface area contributed by atoms with Crippen LogP contribution in [-0.4, -0.2) is 53.8 Å². The largest absolute Gasteiger partial charge is 0.371 e. The van der Waals surface area contributed by atoms with Crippen LogP contribution in [0.1, 0.15) is 38.4 Å². The Bertz CT molecular complexity index is 923. The van der Waals surface area contributed by atoms with E-state index in [9.17, 15) is 13.2 Å². The zero-order valence-corrected chi connectivity index (χ0v) is 16.6. The third-order valence-corrected chi connectivity index (χ3v) is 6.69. The van der Waals surface area contributed by atoms with Crippen LogP contribution in [-0.2, 0) is 15.8 Å². The Morgan fingerprint density at radius 2 is 2.19 bits per heavy atom. The molecule has 1 atom stereocenters. The number of piperidine rings is 1. The third kappa shape index (κ3) is 4.38. The molecule has 2 aromatic rings. The average Bonchev–Trinajstić information content (AvgIpc) is 3.13. The fourth-order valence-electron chi connectivity index (χ4n) is 3.14. The number of rotatable bonds is 6. The van der Waals surface area contributed by atoms with E-state index in [2.05, 4.69) is 10.3 Å². The van der Waals surface area contributed by atoms with Gasteiger partial charge in [0.1, 0.15) is 12.0 Å². The van der Waals surface area contributed by atoms with Crippen LogP contribution in [0, 0.1) is 0 Å². The minimum Gasteiger partial charge on any atom is -0.371 e. The SMILES string of the molecule is CC(C)N(C)c1cnn([C@@H]2CCCN(S(=O)(=O)Cc3ccon3)C2)c(=O)c1. The van der Waals surface area contributed by atoms with Crippen molar-refractivity contribution in [2.24, 2.45) is 0 Å². The van der Waals surface area contributed by atoms with Crippen molar-refractivity contribution >= 4 is 15.7 Å². The molecule has 1 aliphatic rings. The summed E-state index contributed by atoms with van der Waals surface area (Å²) in [4.78, 5) is 14.5. The minimum absolute atomic E-state index is 0.212. The molecule has 0 unspecified atom stereocenters. The van der Waals surface area contributed by atoms with Crippen molar-refractivity contribution in [3.8, 4) is 0 Å². The molecule has 1 aliphatic heterocycles. The van der Waals surface area contributed by atoms with Crippen LogP contribution in [0.25, 0.3) is 0 Å². The van der Waals surface area contributed by atoms with Crippen LogP contribution < -0.4 is 10.5 Å². The van der Waals surface area contributed by atoms with E-state index in [4.69, 9.17) is 4.52 Å². The second-order valence-electron chi connectivity index (χ2n) is 7.10. The molecule has 0 spiro atoms. The van der Waals surface area contributed by atoms with Gasteiger partial charge in [0.05, 0.1) is 23.6 Å². The summed E-state index contributed by atoms with van der Waals surface area (Å²) in [5.74, 6) is -0.212. The van der Waals surface area contributed by atoms with E-state index in [1.165, 1.54) is 21.3 Å². The standard InChI is InChI=1S/C17H25N5O4S/c1-13(2)20(3)16-9-17(23)22(18-10-16)15-5-4-7-21(11-15)27(24,25)12-14-6-8-26-19-14/h6,8-10,13,15H,4-5,7,11-12H2,1-3H3/t15-/m1/s1. The molecule has 0 radical (unpaired) electrons. The van der Waals surface area contributed by atoms with Gasteiger partial charge in [-0.05, 0) is 26.7 Å². The minimum atomic E-state index is -3.53. The molecule has 0 bridgehead atoms. The van der Waals surface area contributed by atoms with Gasteiger partial charge in [-0.25, -0.2) is 13.1 Å². The van der Waals surface area contributed by atoms with Crippen LogP contribution in [0.2, 0.25) is 0 Å². The molecule has 0 saturated carbocycles. The lowest BCUT2D eigenvalue weighted by Gasteiger charge is -2.32. The highest BCUT2D eigenvalue weighted by atomic mass is 32.2. The molecule has 3 heterocycles. The number of sulfonamides is 1.